The molecule has 1 amide bonds. The second kappa shape index (κ2) is 13.9. The van der Waals surface area contributed by atoms with Crippen LogP contribution in [0.1, 0.15) is 29.3 Å². The summed E-state index contributed by atoms with van der Waals surface area (Å²) >= 11 is 1.59. The molecule has 0 aliphatic heterocycles. The van der Waals surface area contributed by atoms with Gasteiger partial charge in [0.05, 0.1) is 17.1 Å². The number of nitro benzene ring substituents is 1. The van der Waals surface area contributed by atoms with Gasteiger partial charge in [-0.15, -0.1) is 11.8 Å². The molecule has 0 saturated heterocycles. The number of allylic oxidation sites excluding steroid dienone is 5. The zero-order valence-electron chi connectivity index (χ0n) is 19.9. The van der Waals surface area contributed by atoms with Gasteiger partial charge in [-0.3, -0.25) is 10.1 Å². The number of alkyl carbamates (subject to hydrolysis) is 1. The van der Waals surface area contributed by atoms with E-state index in [9.17, 15) is 19.7 Å². The number of esters is 1. The second-order valence-electron chi connectivity index (χ2n) is 8.11. The Morgan fingerprint density at radius 1 is 1.08 bits per heavy atom. The van der Waals surface area contributed by atoms with Crippen LogP contribution in [0.2, 0.25) is 0 Å². The second-order valence-corrected chi connectivity index (χ2v) is 9.21. The fourth-order valence-corrected chi connectivity index (χ4v) is 4.20. The van der Waals surface area contributed by atoms with E-state index in [-0.39, 0.29) is 30.5 Å². The van der Waals surface area contributed by atoms with Gasteiger partial charge in [0.1, 0.15) is 6.61 Å². The molecule has 188 valence electrons. The molecule has 9 heteroatoms. The summed E-state index contributed by atoms with van der Waals surface area (Å²) in [5, 5.41) is 13.7. The number of carbonyl (C=O) groups is 2. The van der Waals surface area contributed by atoms with Crippen molar-refractivity contribution in [3.8, 4) is 0 Å². The summed E-state index contributed by atoms with van der Waals surface area (Å²) in [5.41, 5.74) is 0.995. The van der Waals surface area contributed by atoms with Crippen LogP contribution in [-0.4, -0.2) is 35.4 Å². The molecule has 0 saturated carbocycles. The molecule has 1 aliphatic rings. The van der Waals surface area contributed by atoms with Gasteiger partial charge in [0, 0.05) is 35.3 Å². The van der Waals surface area contributed by atoms with Crippen LogP contribution in [0.3, 0.4) is 0 Å². The largest absolute Gasteiger partial charge is 0.462 e. The first kappa shape index (κ1) is 26.7. The quantitative estimate of drug-likeness (QED) is 0.232. The number of benzene rings is 2. The number of non-ortho nitro benzene ring substituents is 1. The number of carbonyl (C=O) groups excluding carboxylic acids is 2. The summed E-state index contributed by atoms with van der Waals surface area (Å²) in [6.45, 7) is 2.31. The highest BCUT2D eigenvalue weighted by Gasteiger charge is 2.17. The molecule has 1 N–H and O–H groups in total. The lowest BCUT2D eigenvalue weighted by Crippen LogP contribution is -2.38. The van der Waals surface area contributed by atoms with Crippen molar-refractivity contribution in [2.45, 2.75) is 26.0 Å². The van der Waals surface area contributed by atoms with Crippen LogP contribution in [0, 0.1) is 16.0 Å². The zero-order chi connectivity index (χ0) is 25.8. The van der Waals surface area contributed by atoms with Crippen molar-refractivity contribution in [3.63, 3.8) is 0 Å². The van der Waals surface area contributed by atoms with Gasteiger partial charge in [-0.2, -0.15) is 0 Å². The smallest absolute Gasteiger partial charge is 0.407 e. The Hall–Kier alpha value is -3.85. The van der Waals surface area contributed by atoms with Crippen LogP contribution in [0.15, 0.2) is 89.9 Å². The molecule has 2 aromatic carbocycles. The van der Waals surface area contributed by atoms with Crippen molar-refractivity contribution in [1.29, 1.82) is 0 Å². The number of rotatable bonds is 11. The molecule has 0 spiro atoms. The molecule has 1 unspecified atom stereocenters. The molecule has 2 atom stereocenters. The van der Waals surface area contributed by atoms with Gasteiger partial charge in [0.2, 0.25) is 0 Å². The minimum absolute atomic E-state index is 0.0613. The molecule has 8 nitrogen and oxygen atoms in total. The van der Waals surface area contributed by atoms with Crippen molar-refractivity contribution >= 4 is 29.5 Å². The molecule has 0 fully saturated rings. The number of hydrogen-bond acceptors (Lipinski definition) is 7. The normalized spacial score (nSPS) is 15.4. The minimum atomic E-state index is -0.587. The third-order valence-corrected chi connectivity index (χ3v) is 6.41. The van der Waals surface area contributed by atoms with E-state index in [0.29, 0.717) is 18.1 Å². The molecule has 1 aliphatic carbocycles. The summed E-state index contributed by atoms with van der Waals surface area (Å²) in [7, 11) is 0. The summed E-state index contributed by atoms with van der Waals surface area (Å²) in [6.07, 6.45) is 10.1. The molecular formula is C27H28N2O6S. The molecule has 36 heavy (non-hydrogen) atoms. The fourth-order valence-electron chi connectivity index (χ4n) is 3.21. The van der Waals surface area contributed by atoms with Crippen LogP contribution in [0.4, 0.5) is 10.5 Å². The average Bonchev–Trinajstić information content (AvgIpc) is 3.10. The van der Waals surface area contributed by atoms with E-state index in [0.717, 1.165) is 10.5 Å². The molecule has 2 aromatic rings. The summed E-state index contributed by atoms with van der Waals surface area (Å²) < 4.78 is 10.7. The van der Waals surface area contributed by atoms with Crippen molar-refractivity contribution in [3.05, 3.63) is 111 Å². The lowest BCUT2D eigenvalue weighted by molar-refractivity contribution is -0.384. The maximum atomic E-state index is 12.4. The highest BCUT2D eigenvalue weighted by molar-refractivity contribution is 8.03. The van der Waals surface area contributed by atoms with Gasteiger partial charge >= 0.3 is 12.1 Å². The number of ether oxygens (including phenoxy) is 2. The highest BCUT2D eigenvalue weighted by atomic mass is 32.2. The van der Waals surface area contributed by atoms with Crippen molar-refractivity contribution in [2.24, 2.45) is 5.92 Å². The van der Waals surface area contributed by atoms with Gasteiger partial charge in [0.25, 0.3) is 5.69 Å². The summed E-state index contributed by atoms with van der Waals surface area (Å²) in [6, 6.07) is 14.3. The van der Waals surface area contributed by atoms with Crippen LogP contribution in [0.5, 0.6) is 0 Å². The van der Waals surface area contributed by atoms with Crippen molar-refractivity contribution < 1.29 is 24.0 Å². The molecule has 0 aromatic heterocycles. The maximum absolute atomic E-state index is 12.4. The first-order valence-corrected chi connectivity index (χ1v) is 12.5. The van der Waals surface area contributed by atoms with E-state index >= 15 is 0 Å². The van der Waals surface area contributed by atoms with Crippen LogP contribution in [0.25, 0.3) is 0 Å². The van der Waals surface area contributed by atoms with Gasteiger partial charge in [-0.1, -0.05) is 61.6 Å². The maximum Gasteiger partial charge on any atom is 0.407 e. The lowest BCUT2D eigenvalue weighted by atomic mass is 10.2. The first-order valence-electron chi connectivity index (χ1n) is 11.5. The van der Waals surface area contributed by atoms with E-state index in [1.807, 2.05) is 42.5 Å². The monoisotopic (exact) mass is 508 g/mol. The summed E-state index contributed by atoms with van der Waals surface area (Å²) in [5.74, 6) is 0.310. The fraction of sp³-hybridized carbons (Fsp3) is 0.259. The van der Waals surface area contributed by atoms with Gasteiger partial charge in [-0.05, 0) is 29.7 Å². The Morgan fingerprint density at radius 3 is 2.56 bits per heavy atom. The average molecular weight is 509 g/mol. The lowest BCUT2D eigenvalue weighted by Gasteiger charge is -2.19. The summed E-state index contributed by atoms with van der Waals surface area (Å²) in [4.78, 5) is 36.1. The number of nitro groups is 1. The number of nitrogens with one attached hydrogen (secondary N) is 1. The van der Waals surface area contributed by atoms with Crippen molar-refractivity contribution in [1.82, 2.24) is 5.32 Å². The zero-order valence-corrected chi connectivity index (χ0v) is 20.7. The Morgan fingerprint density at radius 2 is 1.83 bits per heavy atom. The number of thioether (sulfide) groups is 1. The van der Waals surface area contributed by atoms with E-state index < -0.39 is 17.0 Å². The first-order chi connectivity index (χ1) is 17.4. The Balaban J connectivity index is 1.54. The highest BCUT2D eigenvalue weighted by Crippen LogP contribution is 2.22. The molecule has 0 radical (unpaired) electrons. The van der Waals surface area contributed by atoms with E-state index in [1.165, 1.54) is 24.3 Å². The number of amides is 1. The van der Waals surface area contributed by atoms with Gasteiger partial charge in [0.15, 0.2) is 0 Å². The minimum Gasteiger partial charge on any atom is -0.462 e. The third-order valence-electron chi connectivity index (χ3n) is 5.24. The van der Waals surface area contributed by atoms with Crippen LogP contribution < -0.4 is 5.32 Å². The Bertz CT molecular complexity index is 1130. The SMILES string of the molecule is CC1C=CC=C(SC[C@@H](CCOC(=O)c2ccc([N+](=O)[O-])cc2)NC(=O)OCc2ccccc2)C=C1. The number of hydrogen-bond donors (Lipinski definition) is 1. The van der Waals surface area contributed by atoms with Crippen LogP contribution >= 0.6 is 11.8 Å². The molecule has 3 rings (SSSR count). The molecule has 0 bridgehead atoms. The topological polar surface area (TPSA) is 108 Å². The third kappa shape index (κ3) is 9.07. The predicted molar refractivity (Wildman–Crippen MR) is 140 cm³/mol. The predicted octanol–water partition coefficient (Wildman–Crippen LogP) is 5.82. The standard InChI is InChI=1S/C27H28N2O6S/c1-20-6-5-9-25(15-10-20)36-19-23(28-27(31)35-18-21-7-3-2-4-8-21)16-17-34-26(30)22-11-13-24(14-12-22)29(32)33/h2-15,20,23H,16-19H2,1H3,(H,28,31)/t20?,23-/m1/s1. The van der Waals surface area contributed by atoms with E-state index in [4.69, 9.17) is 9.47 Å². The van der Waals surface area contributed by atoms with Gasteiger partial charge < -0.3 is 14.8 Å². The van der Waals surface area contributed by atoms with Gasteiger partial charge in [-0.25, -0.2) is 9.59 Å². The molecule has 0 heterocycles. The van der Waals surface area contributed by atoms with E-state index in [1.54, 1.807) is 11.8 Å². The number of nitrogens with zero attached hydrogens (tertiary/aromatic N) is 1. The van der Waals surface area contributed by atoms with Crippen LogP contribution in [-0.2, 0) is 16.1 Å². The van der Waals surface area contributed by atoms with Crippen molar-refractivity contribution in [2.75, 3.05) is 12.4 Å². The Labute approximate surface area is 214 Å². The molecular weight excluding hydrogens is 480 g/mol. The van der Waals surface area contributed by atoms with E-state index in [2.05, 4.69) is 30.5 Å². The Kier molecular flexibility index (Phi) is 10.3.